The Bertz CT molecular complexity index is 2130. The molecule has 1 atom stereocenters. The van der Waals surface area contributed by atoms with Gasteiger partial charge in [0.15, 0.2) is 4.80 Å². The standard InChI is InChI=1S/C34H25Br2ClN2O4S/c1-3-42-33(41)29-19(2)38-34-39(30(29)24-13-8-11-21-9-4-6-12-23(21)24)32(40)28(44-34)17-20-15-25(35)31(26(36)16-20)43-18-22-10-5-7-14-27(22)37/h4-17,30H,3,18H2,1-2H3/b28-17-/t30-/m0/s1. The van der Waals surface area contributed by atoms with E-state index in [9.17, 15) is 9.59 Å². The highest BCUT2D eigenvalue weighted by Crippen LogP contribution is 2.37. The lowest BCUT2D eigenvalue weighted by atomic mass is 9.91. The molecule has 0 saturated heterocycles. The molecule has 0 radical (unpaired) electrons. The van der Waals surface area contributed by atoms with Crippen molar-refractivity contribution in [3.63, 3.8) is 0 Å². The third-order valence-corrected chi connectivity index (χ3v) is 9.81. The van der Waals surface area contributed by atoms with E-state index >= 15 is 0 Å². The summed E-state index contributed by atoms with van der Waals surface area (Å²) in [5, 5.41) is 2.60. The number of aromatic nitrogens is 1. The predicted octanol–water partition coefficient (Wildman–Crippen LogP) is 7.71. The molecule has 1 aliphatic rings. The molecule has 1 aliphatic heterocycles. The van der Waals surface area contributed by atoms with Crippen LogP contribution < -0.4 is 19.6 Å². The van der Waals surface area contributed by atoms with E-state index in [0.717, 1.165) is 27.5 Å². The van der Waals surface area contributed by atoms with Gasteiger partial charge in [0.2, 0.25) is 0 Å². The van der Waals surface area contributed by atoms with Gasteiger partial charge < -0.3 is 9.47 Å². The monoisotopic (exact) mass is 750 g/mol. The van der Waals surface area contributed by atoms with Crippen molar-refractivity contribution in [2.75, 3.05) is 6.61 Å². The Morgan fingerprint density at radius 1 is 1.05 bits per heavy atom. The maximum atomic E-state index is 14.1. The zero-order valence-corrected chi connectivity index (χ0v) is 28.4. The van der Waals surface area contributed by atoms with E-state index in [1.807, 2.05) is 84.9 Å². The van der Waals surface area contributed by atoms with Crippen molar-refractivity contribution in [1.82, 2.24) is 4.57 Å². The van der Waals surface area contributed by atoms with Crippen LogP contribution in [0.5, 0.6) is 5.75 Å². The lowest BCUT2D eigenvalue weighted by Gasteiger charge is -2.25. The molecular formula is C34H25Br2ClN2O4S. The van der Waals surface area contributed by atoms with Gasteiger partial charge in [-0.2, -0.15) is 0 Å². The van der Waals surface area contributed by atoms with Gasteiger partial charge in [0, 0.05) is 10.6 Å². The molecule has 0 N–H and O–H groups in total. The van der Waals surface area contributed by atoms with E-state index in [0.29, 0.717) is 46.9 Å². The number of rotatable bonds is 7. The molecule has 0 aliphatic carbocycles. The quantitative estimate of drug-likeness (QED) is 0.160. The molecule has 0 fully saturated rings. The van der Waals surface area contributed by atoms with Crippen LogP contribution in [-0.2, 0) is 16.1 Å². The molecule has 2 heterocycles. The molecule has 4 aromatic carbocycles. The molecule has 222 valence electrons. The minimum atomic E-state index is -0.697. The summed E-state index contributed by atoms with van der Waals surface area (Å²) in [6.45, 7) is 4.06. The number of fused-ring (bicyclic) bond motifs is 2. The molecular weight excluding hydrogens is 728 g/mol. The second kappa shape index (κ2) is 12.9. The first-order chi connectivity index (χ1) is 21.3. The number of benzene rings is 4. The topological polar surface area (TPSA) is 69.9 Å². The third kappa shape index (κ3) is 5.81. The number of hydrogen-bond acceptors (Lipinski definition) is 6. The van der Waals surface area contributed by atoms with E-state index in [-0.39, 0.29) is 12.2 Å². The van der Waals surface area contributed by atoms with Crippen molar-refractivity contribution in [3.8, 4) is 5.75 Å². The van der Waals surface area contributed by atoms with Gasteiger partial charge in [0.25, 0.3) is 5.56 Å². The van der Waals surface area contributed by atoms with E-state index in [4.69, 9.17) is 26.1 Å². The van der Waals surface area contributed by atoms with Gasteiger partial charge in [-0.3, -0.25) is 9.36 Å². The summed E-state index contributed by atoms with van der Waals surface area (Å²) in [6.07, 6.45) is 1.82. The van der Waals surface area contributed by atoms with Crippen molar-refractivity contribution in [1.29, 1.82) is 0 Å². The SMILES string of the molecule is CCOC(=O)C1=C(C)N=c2s/c(=C\c3cc(Br)c(OCc4ccccc4Cl)c(Br)c3)c(=O)n2[C@H]1c1cccc2ccccc12. The fraction of sp³-hybridized carbons (Fsp3) is 0.147. The third-order valence-electron chi connectivity index (χ3n) is 7.28. The predicted molar refractivity (Wildman–Crippen MR) is 182 cm³/mol. The molecule has 0 bridgehead atoms. The molecule has 0 unspecified atom stereocenters. The Kier molecular flexibility index (Phi) is 8.91. The molecule has 10 heteroatoms. The zero-order valence-electron chi connectivity index (χ0n) is 23.6. The number of thiazole rings is 1. The number of esters is 1. The van der Waals surface area contributed by atoms with E-state index < -0.39 is 12.0 Å². The van der Waals surface area contributed by atoms with Crippen LogP contribution in [-0.4, -0.2) is 17.1 Å². The molecule has 6 rings (SSSR count). The van der Waals surface area contributed by atoms with Gasteiger partial charge >= 0.3 is 5.97 Å². The summed E-state index contributed by atoms with van der Waals surface area (Å²) in [5.74, 6) is 0.135. The van der Waals surface area contributed by atoms with E-state index in [1.165, 1.54) is 11.3 Å². The molecule has 0 saturated carbocycles. The Morgan fingerprint density at radius 3 is 2.50 bits per heavy atom. The summed E-state index contributed by atoms with van der Waals surface area (Å²) < 4.78 is 15.1. The Balaban J connectivity index is 1.45. The second-order valence-electron chi connectivity index (χ2n) is 10.1. The smallest absolute Gasteiger partial charge is 0.338 e. The van der Waals surface area contributed by atoms with Crippen molar-refractivity contribution >= 4 is 77.6 Å². The minimum Gasteiger partial charge on any atom is -0.486 e. The van der Waals surface area contributed by atoms with Crippen molar-refractivity contribution in [3.05, 3.63) is 140 Å². The summed E-state index contributed by atoms with van der Waals surface area (Å²) in [4.78, 5) is 32.7. The minimum absolute atomic E-state index is 0.212. The average molecular weight is 753 g/mol. The maximum absolute atomic E-state index is 14.1. The second-order valence-corrected chi connectivity index (χ2v) is 13.2. The summed E-state index contributed by atoms with van der Waals surface area (Å²) >= 11 is 14.8. The van der Waals surface area contributed by atoms with Gasteiger partial charge in [0.05, 0.1) is 37.4 Å². The molecule has 0 amide bonds. The first-order valence-electron chi connectivity index (χ1n) is 13.8. The molecule has 6 nitrogen and oxygen atoms in total. The highest BCUT2D eigenvalue weighted by molar-refractivity contribution is 9.11. The molecule has 0 spiro atoms. The molecule has 5 aromatic rings. The van der Waals surface area contributed by atoms with Crippen LogP contribution in [0.25, 0.3) is 16.8 Å². The average Bonchev–Trinajstić information content (AvgIpc) is 3.30. The van der Waals surface area contributed by atoms with Crippen LogP contribution in [0.2, 0.25) is 5.02 Å². The summed E-state index contributed by atoms with van der Waals surface area (Å²) in [5.41, 5.74) is 3.12. The van der Waals surface area contributed by atoms with Gasteiger partial charge in [-0.25, -0.2) is 9.79 Å². The van der Waals surface area contributed by atoms with Crippen LogP contribution in [0.4, 0.5) is 0 Å². The fourth-order valence-electron chi connectivity index (χ4n) is 5.29. The highest BCUT2D eigenvalue weighted by atomic mass is 79.9. The number of carbonyl (C=O) groups excluding carboxylic acids is 1. The first-order valence-corrected chi connectivity index (χ1v) is 16.6. The van der Waals surface area contributed by atoms with Gasteiger partial charge in [-0.15, -0.1) is 0 Å². The molecule has 44 heavy (non-hydrogen) atoms. The normalized spacial score (nSPS) is 14.8. The largest absolute Gasteiger partial charge is 0.486 e. The van der Waals surface area contributed by atoms with Crippen LogP contribution in [0.15, 0.2) is 109 Å². The van der Waals surface area contributed by atoms with Crippen molar-refractivity contribution in [2.24, 2.45) is 4.99 Å². The lowest BCUT2D eigenvalue weighted by molar-refractivity contribution is -0.139. The number of halogens is 3. The number of nitrogens with zero attached hydrogens (tertiary/aromatic N) is 2. The zero-order chi connectivity index (χ0) is 31.0. The van der Waals surface area contributed by atoms with Crippen LogP contribution >= 0.6 is 54.8 Å². The number of ether oxygens (including phenoxy) is 2. The van der Waals surface area contributed by atoms with Crippen LogP contribution in [0.3, 0.4) is 0 Å². The molecule has 1 aromatic heterocycles. The van der Waals surface area contributed by atoms with Gasteiger partial charge in [-0.1, -0.05) is 83.6 Å². The van der Waals surface area contributed by atoms with Gasteiger partial charge in [-0.05, 0) is 91.9 Å². The van der Waals surface area contributed by atoms with E-state index in [1.54, 1.807) is 18.4 Å². The first kappa shape index (κ1) is 30.5. The van der Waals surface area contributed by atoms with Crippen molar-refractivity contribution < 1.29 is 14.3 Å². The fourth-order valence-corrected chi connectivity index (χ4v) is 7.98. The van der Waals surface area contributed by atoms with Gasteiger partial charge in [0.1, 0.15) is 12.4 Å². The lowest BCUT2D eigenvalue weighted by Crippen LogP contribution is -2.40. The number of carbonyl (C=O) groups is 1. The number of allylic oxidation sites excluding steroid dienone is 1. The Morgan fingerprint density at radius 2 is 1.75 bits per heavy atom. The van der Waals surface area contributed by atoms with Crippen molar-refractivity contribution in [2.45, 2.75) is 26.5 Å². The van der Waals surface area contributed by atoms with E-state index in [2.05, 4.69) is 31.9 Å². The Labute approximate surface area is 279 Å². The van der Waals surface area contributed by atoms with Crippen LogP contribution in [0.1, 0.15) is 36.6 Å². The Hall–Kier alpha value is -3.50. The number of hydrogen-bond donors (Lipinski definition) is 0. The summed E-state index contributed by atoms with van der Waals surface area (Å²) in [7, 11) is 0. The summed E-state index contributed by atoms with van der Waals surface area (Å²) in [6, 6.07) is 24.5. The highest BCUT2D eigenvalue weighted by Gasteiger charge is 2.34. The van der Waals surface area contributed by atoms with Crippen LogP contribution in [0, 0.1) is 0 Å². The maximum Gasteiger partial charge on any atom is 0.338 e.